The second kappa shape index (κ2) is 11.2. The summed E-state index contributed by atoms with van der Waals surface area (Å²) >= 11 is 1.02. The number of hydrogen-bond acceptors (Lipinski definition) is 6. The summed E-state index contributed by atoms with van der Waals surface area (Å²) in [5, 5.41) is 13.3. The van der Waals surface area contributed by atoms with Gasteiger partial charge in [-0.2, -0.15) is 4.98 Å². The molecule has 0 aliphatic heterocycles. The predicted molar refractivity (Wildman–Crippen MR) is 135 cm³/mol. The Hall–Kier alpha value is -3.33. The molecule has 7 nitrogen and oxygen atoms in total. The fourth-order valence-corrected chi connectivity index (χ4v) is 4.44. The number of aromatic nitrogens is 2. The van der Waals surface area contributed by atoms with Crippen LogP contribution in [0, 0.1) is 12.7 Å². The van der Waals surface area contributed by atoms with Crippen molar-refractivity contribution >= 4 is 29.0 Å². The van der Waals surface area contributed by atoms with Gasteiger partial charge in [-0.1, -0.05) is 18.7 Å². The van der Waals surface area contributed by atoms with Crippen molar-refractivity contribution in [2.75, 3.05) is 29.1 Å². The molecule has 0 bridgehead atoms. The monoisotopic (exact) mass is 484 g/mol. The van der Waals surface area contributed by atoms with E-state index in [9.17, 15) is 19.1 Å². The van der Waals surface area contributed by atoms with Crippen molar-refractivity contribution in [3.63, 3.8) is 0 Å². The van der Waals surface area contributed by atoms with E-state index < -0.39 is 11.4 Å². The van der Waals surface area contributed by atoms with E-state index >= 15 is 0 Å². The smallest absolute Gasteiger partial charge is 0.265 e. The Morgan fingerprint density at radius 3 is 2.41 bits per heavy atom. The van der Waals surface area contributed by atoms with Crippen molar-refractivity contribution in [2.45, 2.75) is 39.3 Å². The van der Waals surface area contributed by atoms with Gasteiger partial charge >= 0.3 is 0 Å². The Kier molecular flexibility index (Phi) is 8.33. The van der Waals surface area contributed by atoms with Gasteiger partial charge < -0.3 is 15.3 Å². The quantitative estimate of drug-likeness (QED) is 0.343. The lowest BCUT2D eigenvalue weighted by Gasteiger charge is -2.22. The van der Waals surface area contributed by atoms with Gasteiger partial charge in [0, 0.05) is 24.5 Å². The molecule has 0 atom stereocenters. The number of anilines is 2. The number of rotatable bonds is 9. The molecule has 0 spiro atoms. The second-order valence-corrected chi connectivity index (χ2v) is 8.62. The summed E-state index contributed by atoms with van der Waals surface area (Å²) < 4.78 is 14.7. The first-order valence-electron chi connectivity index (χ1n) is 11.2. The van der Waals surface area contributed by atoms with E-state index in [4.69, 9.17) is 0 Å². The Morgan fingerprint density at radius 2 is 1.82 bits per heavy atom. The molecule has 2 N–H and O–H groups in total. The number of benzene rings is 2. The van der Waals surface area contributed by atoms with Crippen molar-refractivity contribution in [3.8, 4) is 11.6 Å². The summed E-state index contributed by atoms with van der Waals surface area (Å²) in [6.07, 6.45) is 0.285. The van der Waals surface area contributed by atoms with E-state index in [0.717, 1.165) is 36.1 Å². The molecule has 2 aromatic carbocycles. The second-order valence-electron chi connectivity index (χ2n) is 7.68. The van der Waals surface area contributed by atoms with Crippen molar-refractivity contribution in [1.82, 2.24) is 9.55 Å². The van der Waals surface area contributed by atoms with Gasteiger partial charge in [0.05, 0.1) is 17.0 Å². The first-order chi connectivity index (χ1) is 16.3. The van der Waals surface area contributed by atoms with Crippen LogP contribution in [0.1, 0.15) is 31.9 Å². The Labute approximate surface area is 202 Å². The largest absolute Gasteiger partial charge is 0.493 e. The summed E-state index contributed by atoms with van der Waals surface area (Å²) in [4.78, 5) is 32.1. The van der Waals surface area contributed by atoms with Gasteiger partial charge in [-0.25, -0.2) is 4.39 Å². The summed E-state index contributed by atoms with van der Waals surface area (Å²) in [6, 6.07) is 11.3. The summed E-state index contributed by atoms with van der Waals surface area (Å²) in [6.45, 7) is 9.65. The van der Waals surface area contributed by atoms with Crippen LogP contribution in [-0.4, -0.2) is 39.4 Å². The third-order valence-electron chi connectivity index (χ3n) is 5.51. The van der Waals surface area contributed by atoms with Gasteiger partial charge in [-0.05, 0) is 75.2 Å². The number of thioether (sulfide) groups is 1. The standard InChI is InChI=1S/C25H29FN4O3S/c1-5-20-23(32)28-25(30(24(20)33)18-10-8-17(26)9-11-18)34-15-22(31)27-21-13-12-19(14-16(21)4)29(6-2)7-3/h8-14,32H,5-7,15H2,1-4H3,(H,27,31). The van der Waals surface area contributed by atoms with Gasteiger partial charge in [0.25, 0.3) is 5.56 Å². The molecule has 0 fully saturated rings. The maximum absolute atomic E-state index is 13.4. The zero-order valence-corrected chi connectivity index (χ0v) is 20.6. The highest BCUT2D eigenvalue weighted by Crippen LogP contribution is 2.25. The van der Waals surface area contributed by atoms with E-state index in [-0.39, 0.29) is 34.7 Å². The van der Waals surface area contributed by atoms with Crippen LogP contribution < -0.4 is 15.8 Å². The van der Waals surface area contributed by atoms with E-state index in [2.05, 4.69) is 29.0 Å². The van der Waals surface area contributed by atoms with Crippen LogP contribution in [0.2, 0.25) is 0 Å². The van der Waals surface area contributed by atoms with Gasteiger partial charge in [-0.3, -0.25) is 14.2 Å². The molecule has 1 heterocycles. The third-order valence-corrected chi connectivity index (χ3v) is 6.45. The molecule has 0 aliphatic carbocycles. The number of carbonyl (C=O) groups is 1. The Balaban J connectivity index is 1.82. The molecule has 3 rings (SSSR count). The number of hydrogen-bond donors (Lipinski definition) is 2. The summed E-state index contributed by atoms with van der Waals surface area (Å²) in [5.41, 5.74) is 2.84. The zero-order valence-electron chi connectivity index (χ0n) is 19.8. The number of nitrogens with zero attached hydrogens (tertiary/aromatic N) is 3. The fourth-order valence-electron chi connectivity index (χ4n) is 3.64. The van der Waals surface area contributed by atoms with Crippen molar-refractivity contribution in [1.29, 1.82) is 0 Å². The molecule has 0 radical (unpaired) electrons. The highest BCUT2D eigenvalue weighted by Gasteiger charge is 2.18. The SMILES string of the molecule is CCc1c(O)nc(SCC(=O)Nc2ccc(N(CC)CC)cc2C)n(-c2ccc(F)cc2)c1=O. The van der Waals surface area contributed by atoms with Crippen LogP contribution in [0.15, 0.2) is 52.4 Å². The number of carbonyl (C=O) groups excluding carboxylic acids is 1. The van der Waals surface area contributed by atoms with Crippen molar-refractivity contribution < 1.29 is 14.3 Å². The molecule has 34 heavy (non-hydrogen) atoms. The van der Waals surface area contributed by atoms with E-state index in [1.165, 1.54) is 28.8 Å². The lowest BCUT2D eigenvalue weighted by molar-refractivity contribution is -0.113. The maximum atomic E-state index is 13.4. The third kappa shape index (κ3) is 5.59. The molecular formula is C25H29FN4O3S. The van der Waals surface area contributed by atoms with Crippen LogP contribution in [0.3, 0.4) is 0 Å². The van der Waals surface area contributed by atoms with Gasteiger partial charge in [0.1, 0.15) is 5.82 Å². The minimum absolute atomic E-state index is 0.0320. The number of nitrogens with one attached hydrogen (secondary N) is 1. The molecule has 1 aromatic heterocycles. The first kappa shape index (κ1) is 25.3. The number of aryl methyl sites for hydroxylation is 1. The highest BCUT2D eigenvalue weighted by molar-refractivity contribution is 7.99. The van der Waals surface area contributed by atoms with Crippen molar-refractivity contribution in [2.24, 2.45) is 0 Å². The minimum atomic E-state index is -0.452. The lowest BCUT2D eigenvalue weighted by atomic mass is 10.1. The van der Waals surface area contributed by atoms with Crippen LogP contribution in [-0.2, 0) is 11.2 Å². The van der Waals surface area contributed by atoms with Crippen molar-refractivity contribution in [3.05, 3.63) is 69.8 Å². The van der Waals surface area contributed by atoms with Gasteiger partial charge in [-0.15, -0.1) is 0 Å². The van der Waals surface area contributed by atoms with Gasteiger partial charge in [0.15, 0.2) is 5.16 Å². The fraction of sp³-hybridized carbons (Fsp3) is 0.320. The Morgan fingerprint density at radius 1 is 1.15 bits per heavy atom. The van der Waals surface area contributed by atoms with Crippen LogP contribution in [0.4, 0.5) is 15.8 Å². The average molecular weight is 485 g/mol. The number of aromatic hydroxyl groups is 1. The summed E-state index contributed by atoms with van der Waals surface area (Å²) in [7, 11) is 0. The maximum Gasteiger partial charge on any atom is 0.265 e. The Bertz CT molecular complexity index is 1220. The molecule has 0 aliphatic rings. The van der Waals surface area contributed by atoms with Crippen LogP contribution in [0.5, 0.6) is 5.88 Å². The van der Waals surface area contributed by atoms with E-state index in [0.29, 0.717) is 11.4 Å². The zero-order chi connectivity index (χ0) is 24.8. The molecule has 180 valence electrons. The topological polar surface area (TPSA) is 87.5 Å². The minimum Gasteiger partial charge on any atom is -0.493 e. The van der Waals surface area contributed by atoms with E-state index in [1.54, 1.807) is 6.92 Å². The first-order valence-corrected chi connectivity index (χ1v) is 12.2. The van der Waals surface area contributed by atoms with Crippen LogP contribution in [0.25, 0.3) is 5.69 Å². The predicted octanol–water partition coefficient (Wildman–Crippen LogP) is 4.53. The summed E-state index contributed by atoms with van der Waals surface area (Å²) in [5.74, 6) is -1.11. The number of halogens is 1. The molecule has 0 saturated heterocycles. The molecule has 9 heteroatoms. The van der Waals surface area contributed by atoms with Gasteiger partial charge in [0.2, 0.25) is 11.8 Å². The number of amides is 1. The van der Waals surface area contributed by atoms with E-state index in [1.807, 2.05) is 25.1 Å². The molecule has 0 saturated carbocycles. The molecular weight excluding hydrogens is 455 g/mol. The van der Waals surface area contributed by atoms with Crippen LogP contribution >= 0.6 is 11.8 Å². The highest BCUT2D eigenvalue weighted by atomic mass is 32.2. The molecule has 1 amide bonds. The lowest BCUT2D eigenvalue weighted by Crippen LogP contribution is -2.25. The normalized spacial score (nSPS) is 10.9. The molecule has 3 aromatic rings. The average Bonchev–Trinajstić information content (AvgIpc) is 2.81. The molecule has 0 unspecified atom stereocenters.